The van der Waals surface area contributed by atoms with Gasteiger partial charge in [-0.3, -0.25) is 14.2 Å². The molecule has 0 aliphatic carbocycles. The van der Waals surface area contributed by atoms with Gasteiger partial charge in [0.25, 0.3) is 8.32 Å². The van der Waals surface area contributed by atoms with Gasteiger partial charge in [-0.25, -0.2) is 0 Å². The van der Waals surface area contributed by atoms with Crippen LogP contribution in [0.5, 0.6) is 5.75 Å². The number of para-hydroxylation sites is 1. The van der Waals surface area contributed by atoms with Gasteiger partial charge >= 0.3 is 11.1 Å². The minimum Gasteiger partial charge on any atom is -0.542 e. The second kappa shape index (κ2) is 5.67. The van der Waals surface area contributed by atoms with E-state index in [1.54, 1.807) is 6.07 Å². The van der Waals surface area contributed by atoms with E-state index >= 15 is 0 Å². The van der Waals surface area contributed by atoms with E-state index in [9.17, 15) is 9.59 Å². The van der Waals surface area contributed by atoms with Crippen LogP contribution in [0.4, 0.5) is 0 Å². The molecule has 0 aliphatic heterocycles. The van der Waals surface area contributed by atoms with Crippen LogP contribution in [0.3, 0.4) is 0 Å². The molecule has 0 unspecified atom stereocenters. The summed E-state index contributed by atoms with van der Waals surface area (Å²) < 4.78 is 7.95. The highest BCUT2D eigenvalue weighted by Gasteiger charge is 2.39. The predicted molar refractivity (Wildman–Crippen MR) is 97.0 cm³/mol. The third-order valence-corrected chi connectivity index (χ3v) is 8.93. The molecule has 0 atom stereocenters. The van der Waals surface area contributed by atoms with Crippen molar-refractivity contribution in [3.8, 4) is 5.75 Å². The number of hydrogen-bond acceptors (Lipinski definition) is 3. The Morgan fingerprint density at radius 3 is 2.30 bits per heavy atom. The number of aromatic amines is 1. The van der Waals surface area contributed by atoms with E-state index in [0.29, 0.717) is 16.8 Å². The number of nitrogens with zero attached hydrogens (tertiary/aromatic N) is 1. The third kappa shape index (κ3) is 3.13. The highest BCUT2D eigenvalue weighted by molar-refractivity contribution is 6.74. The molecule has 0 saturated heterocycles. The molecule has 0 amide bonds. The zero-order valence-electron chi connectivity index (χ0n) is 15.0. The summed E-state index contributed by atoms with van der Waals surface area (Å²) in [5.74, 6) is 0.663. The maximum atomic E-state index is 12.3. The Bertz CT molecular complexity index is 842. The fourth-order valence-electron chi connectivity index (χ4n) is 2.26. The first-order valence-corrected chi connectivity index (χ1v) is 10.8. The van der Waals surface area contributed by atoms with E-state index in [2.05, 4.69) is 38.8 Å². The number of hydrogen-bond donors (Lipinski definition) is 1. The average molecular weight is 334 g/mol. The molecule has 0 aliphatic rings. The first kappa shape index (κ1) is 17.5. The van der Waals surface area contributed by atoms with Crippen LogP contribution in [0.25, 0.3) is 11.0 Å². The van der Waals surface area contributed by atoms with Crippen LogP contribution >= 0.6 is 0 Å². The third-order valence-electron chi connectivity index (χ3n) is 4.59. The fourth-order valence-corrected chi connectivity index (χ4v) is 3.28. The van der Waals surface area contributed by atoms with Crippen LogP contribution in [0.2, 0.25) is 18.1 Å². The van der Waals surface area contributed by atoms with Crippen LogP contribution in [0, 0.1) is 0 Å². The van der Waals surface area contributed by atoms with E-state index < -0.39 is 19.4 Å². The van der Waals surface area contributed by atoms with Crippen LogP contribution < -0.4 is 15.5 Å². The van der Waals surface area contributed by atoms with Crippen molar-refractivity contribution in [1.29, 1.82) is 0 Å². The molecule has 1 aromatic heterocycles. The van der Waals surface area contributed by atoms with Crippen LogP contribution in [0.15, 0.2) is 27.8 Å². The number of aromatic nitrogens is 2. The van der Waals surface area contributed by atoms with E-state index in [1.807, 2.05) is 26.0 Å². The maximum absolute atomic E-state index is 12.3. The van der Waals surface area contributed by atoms with Crippen molar-refractivity contribution in [1.82, 2.24) is 9.55 Å². The standard InChI is InChI=1S/C17H26N2O3Si/c1-11(2)19-14-12(18-15(20)16(19)21)9-8-10-13(14)22-23(6,7)17(3,4)5/h8-11H,1-7H3,(H,18,20). The summed E-state index contributed by atoms with van der Waals surface area (Å²) in [5, 5.41) is 0.0420. The quantitative estimate of drug-likeness (QED) is 0.688. The Labute approximate surface area is 137 Å². The van der Waals surface area contributed by atoms with Crippen molar-refractivity contribution in [2.45, 2.75) is 58.8 Å². The number of benzene rings is 1. The lowest BCUT2D eigenvalue weighted by Crippen LogP contribution is -2.44. The highest BCUT2D eigenvalue weighted by Crippen LogP contribution is 2.38. The first-order chi connectivity index (χ1) is 10.5. The number of nitrogens with one attached hydrogen (secondary N) is 1. The Morgan fingerprint density at radius 1 is 1.17 bits per heavy atom. The zero-order chi connectivity index (χ0) is 17.6. The Hall–Kier alpha value is -1.82. The summed E-state index contributed by atoms with van der Waals surface area (Å²) in [6.45, 7) is 14.6. The molecule has 1 aromatic carbocycles. The summed E-state index contributed by atoms with van der Waals surface area (Å²) in [5.41, 5.74) is 0.144. The molecule has 0 spiro atoms. The molecular weight excluding hydrogens is 308 g/mol. The Kier molecular flexibility index (Phi) is 4.32. The number of H-pyrrole nitrogens is 1. The van der Waals surface area contributed by atoms with Gasteiger partial charge in [0.05, 0.1) is 5.52 Å². The molecule has 0 saturated carbocycles. The van der Waals surface area contributed by atoms with E-state index in [1.165, 1.54) is 4.57 Å². The van der Waals surface area contributed by atoms with Gasteiger partial charge in [-0.1, -0.05) is 26.8 Å². The van der Waals surface area contributed by atoms with E-state index in [0.717, 1.165) is 0 Å². The molecule has 0 bridgehead atoms. The van der Waals surface area contributed by atoms with Gasteiger partial charge in [-0.15, -0.1) is 0 Å². The average Bonchev–Trinajstić information content (AvgIpc) is 2.38. The molecule has 1 N–H and O–H groups in total. The molecule has 1 heterocycles. The summed E-state index contributed by atoms with van der Waals surface area (Å²) in [7, 11) is -2.06. The van der Waals surface area contributed by atoms with Crippen molar-refractivity contribution in [2.75, 3.05) is 0 Å². The smallest absolute Gasteiger partial charge is 0.317 e. The molecule has 0 radical (unpaired) electrons. The SMILES string of the molecule is CC(C)n1c(=O)c(=O)[nH]c2cccc(O[Si](C)(C)C(C)(C)C)c21. The van der Waals surface area contributed by atoms with Crippen molar-refractivity contribution >= 4 is 19.4 Å². The van der Waals surface area contributed by atoms with Gasteiger partial charge in [0, 0.05) is 6.04 Å². The van der Waals surface area contributed by atoms with Gasteiger partial charge < -0.3 is 9.41 Å². The lowest BCUT2D eigenvalue weighted by Gasteiger charge is -2.37. The molecule has 5 nitrogen and oxygen atoms in total. The lowest BCUT2D eigenvalue weighted by molar-refractivity contribution is 0.489. The summed E-state index contributed by atoms with van der Waals surface area (Å²) in [6, 6.07) is 5.39. The van der Waals surface area contributed by atoms with Gasteiger partial charge in [-0.05, 0) is 44.1 Å². The Balaban J connectivity index is 2.79. The molecule has 2 rings (SSSR count). The van der Waals surface area contributed by atoms with Crippen molar-refractivity contribution in [3.63, 3.8) is 0 Å². The van der Waals surface area contributed by atoms with E-state index in [4.69, 9.17) is 4.43 Å². The second-order valence-corrected chi connectivity index (χ2v) is 12.5. The van der Waals surface area contributed by atoms with Crippen LogP contribution in [-0.2, 0) is 0 Å². The van der Waals surface area contributed by atoms with Crippen molar-refractivity contribution in [2.24, 2.45) is 0 Å². The molecule has 6 heteroatoms. The van der Waals surface area contributed by atoms with Gasteiger partial charge in [0.1, 0.15) is 11.3 Å². The van der Waals surface area contributed by atoms with Crippen LogP contribution in [-0.4, -0.2) is 17.9 Å². The van der Waals surface area contributed by atoms with Gasteiger partial charge in [-0.2, -0.15) is 0 Å². The van der Waals surface area contributed by atoms with Gasteiger partial charge in [0.2, 0.25) is 0 Å². The monoisotopic (exact) mass is 334 g/mol. The molecular formula is C17H26N2O3Si. The topological polar surface area (TPSA) is 64.1 Å². The Morgan fingerprint density at radius 2 is 1.78 bits per heavy atom. The predicted octanol–water partition coefficient (Wildman–Crippen LogP) is 3.65. The van der Waals surface area contributed by atoms with Crippen molar-refractivity contribution in [3.05, 3.63) is 38.9 Å². The normalized spacial score (nSPS) is 12.9. The largest absolute Gasteiger partial charge is 0.542 e. The summed E-state index contributed by atoms with van der Waals surface area (Å²) in [4.78, 5) is 26.9. The zero-order valence-corrected chi connectivity index (χ0v) is 16.0. The second-order valence-electron chi connectivity index (χ2n) is 7.74. The molecule has 23 heavy (non-hydrogen) atoms. The van der Waals surface area contributed by atoms with Crippen molar-refractivity contribution < 1.29 is 4.43 Å². The molecule has 0 fully saturated rings. The first-order valence-electron chi connectivity index (χ1n) is 7.92. The number of rotatable bonds is 3. The maximum Gasteiger partial charge on any atom is 0.317 e. The van der Waals surface area contributed by atoms with Gasteiger partial charge in [0.15, 0.2) is 0 Å². The van der Waals surface area contributed by atoms with E-state index in [-0.39, 0.29) is 11.1 Å². The molecule has 126 valence electrons. The minimum atomic E-state index is -2.06. The van der Waals surface area contributed by atoms with Crippen LogP contribution in [0.1, 0.15) is 40.7 Å². The fraction of sp³-hybridized carbons (Fsp3) is 0.529. The molecule has 2 aromatic rings. The summed E-state index contributed by atoms with van der Waals surface area (Å²) >= 11 is 0. The minimum absolute atomic E-state index is 0.0420. The highest BCUT2D eigenvalue weighted by atomic mass is 28.4. The number of fused-ring (bicyclic) bond motifs is 1. The summed E-state index contributed by atoms with van der Waals surface area (Å²) in [6.07, 6.45) is 0. The lowest BCUT2D eigenvalue weighted by atomic mass is 10.2.